The monoisotopic (exact) mass is 405 g/mol. The van der Waals surface area contributed by atoms with E-state index in [1.54, 1.807) is 19.1 Å². The second-order valence-corrected chi connectivity index (χ2v) is 8.67. The molecular weight excluding hydrogens is 384 g/mol. The lowest BCUT2D eigenvalue weighted by molar-refractivity contribution is 0.459. The van der Waals surface area contributed by atoms with E-state index in [2.05, 4.69) is 10.2 Å². The Balaban J connectivity index is 1.60. The van der Waals surface area contributed by atoms with Gasteiger partial charge in [0.1, 0.15) is 11.6 Å². The number of aryl methyl sites for hydroxylation is 2. The van der Waals surface area contributed by atoms with Gasteiger partial charge in [-0.1, -0.05) is 6.07 Å². The largest absolute Gasteiger partial charge is 0.282 e. The Morgan fingerprint density at radius 3 is 2.46 bits per heavy atom. The molecule has 3 aromatic rings. The summed E-state index contributed by atoms with van der Waals surface area (Å²) < 4.78 is 53.0. The predicted molar refractivity (Wildman–Crippen MR) is 103 cm³/mol. The number of benzene rings is 2. The van der Waals surface area contributed by atoms with E-state index in [1.807, 2.05) is 6.07 Å². The van der Waals surface area contributed by atoms with Crippen LogP contribution in [0.25, 0.3) is 11.3 Å². The van der Waals surface area contributed by atoms with Crippen molar-refractivity contribution < 1.29 is 17.2 Å². The molecule has 0 bridgehead atoms. The van der Waals surface area contributed by atoms with Gasteiger partial charge in [-0.05, 0) is 67.8 Å². The highest BCUT2D eigenvalue weighted by molar-refractivity contribution is 7.89. The lowest BCUT2D eigenvalue weighted by atomic mass is 10.1. The van der Waals surface area contributed by atoms with Gasteiger partial charge in [-0.3, -0.25) is 5.10 Å². The van der Waals surface area contributed by atoms with E-state index in [4.69, 9.17) is 0 Å². The van der Waals surface area contributed by atoms with E-state index in [9.17, 15) is 17.2 Å². The number of nitrogens with zero attached hydrogens (tertiary/aromatic N) is 2. The third kappa shape index (κ3) is 4.45. The molecule has 0 fully saturated rings. The lowest BCUT2D eigenvalue weighted by Crippen LogP contribution is -2.28. The van der Waals surface area contributed by atoms with Gasteiger partial charge in [-0.15, -0.1) is 0 Å². The molecule has 0 aliphatic heterocycles. The molecule has 0 amide bonds. The fraction of sp³-hybridized carbons (Fsp3) is 0.250. The molecular formula is C20H21F2N3O2S. The summed E-state index contributed by atoms with van der Waals surface area (Å²) in [5.41, 5.74) is 2.75. The van der Waals surface area contributed by atoms with Crippen molar-refractivity contribution in [2.45, 2.75) is 24.7 Å². The Morgan fingerprint density at radius 1 is 1.07 bits per heavy atom. The van der Waals surface area contributed by atoms with Gasteiger partial charge in [0.2, 0.25) is 10.0 Å². The van der Waals surface area contributed by atoms with Crippen LogP contribution in [0.2, 0.25) is 0 Å². The fourth-order valence-electron chi connectivity index (χ4n) is 2.78. The molecule has 148 valence electrons. The van der Waals surface area contributed by atoms with Gasteiger partial charge in [0.05, 0.1) is 10.6 Å². The zero-order valence-corrected chi connectivity index (χ0v) is 16.4. The van der Waals surface area contributed by atoms with Crippen molar-refractivity contribution in [2.24, 2.45) is 0 Å². The first-order valence-corrected chi connectivity index (χ1v) is 10.2. The van der Waals surface area contributed by atoms with E-state index in [-0.39, 0.29) is 17.3 Å². The minimum atomic E-state index is -3.74. The van der Waals surface area contributed by atoms with Crippen LogP contribution in [0.15, 0.2) is 53.4 Å². The molecule has 0 saturated carbocycles. The second kappa shape index (κ2) is 8.20. The van der Waals surface area contributed by atoms with Crippen molar-refractivity contribution >= 4 is 10.0 Å². The average molecular weight is 405 g/mol. The first kappa shape index (κ1) is 20.2. The summed E-state index contributed by atoms with van der Waals surface area (Å²) in [4.78, 5) is -0.0572. The number of sulfonamides is 1. The van der Waals surface area contributed by atoms with Gasteiger partial charge in [0.15, 0.2) is 0 Å². The molecule has 0 aliphatic carbocycles. The minimum absolute atomic E-state index is 0.0572. The molecule has 5 nitrogen and oxygen atoms in total. The van der Waals surface area contributed by atoms with Gasteiger partial charge in [-0.25, -0.2) is 21.5 Å². The van der Waals surface area contributed by atoms with Crippen molar-refractivity contribution in [3.63, 3.8) is 0 Å². The highest BCUT2D eigenvalue weighted by atomic mass is 32.2. The third-order valence-electron chi connectivity index (χ3n) is 4.54. The highest BCUT2D eigenvalue weighted by Gasteiger charge is 2.21. The van der Waals surface area contributed by atoms with Crippen molar-refractivity contribution in [1.29, 1.82) is 0 Å². The molecule has 0 unspecified atom stereocenters. The van der Waals surface area contributed by atoms with Crippen LogP contribution in [-0.4, -0.2) is 36.5 Å². The van der Waals surface area contributed by atoms with Gasteiger partial charge in [0.25, 0.3) is 0 Å². The SMILES string of the molecule is Cc1ccc(S(=O)(=O)N(C)CCCc2cc(-c3ccc(F)cc3)n[nH]2)cc1F. The predicted octanol–water partition coefficient (Wildman–Crippen LogP) is 3.92. The third-order valence-corrected chi connectivity index (χ3v) is 6.39. The van der Waals surface area contributed by atoms with Gasteiger partial charge >= 0.3 is 0 Å². The highest BCUT2D eigenvalue weighted by Crippen LogP contribution is 2.20. The number of halogens is 2. The van der Waals surface area contributed by atoms with Crippen molar-refractivity contribution in [3.8, 4) is 11.3 Å². The maximum atomic E-state index is 13.7. The molecule has 1 aromatic heterocycles. The molecule has 0 saturated heterocycles. The summed E-state index contributed by atoms with van der Waals surface area (Å²) in [6, 6.07) is 11.8. The van der Waals surface area contributed by atoms with Crippen LogP contribution in [0.3, 0.4) is 0 Å². The maximum absolute atomic E-state index is 13.7. The Morgan fingerprint density at radius 2 is 1.79 bits per heavy atom. The molecule has 0 spiro atoms. The van der Waals surface area contributed by atoms with Crippen LogP contribution in [0.1, 0.15) is 17.7 Å². The molecule has 8 heteroatoms. The molecule has 1 heterocycles. The standard InChI is InChI=1S/C20H21F2N3O2S/c1-14-5-10-18(13-19(14)22)28(26,27)25(2)11-3-4-17-12-20(24-23-17)15-6-8-16(21)9-7-15/h5-10,12-13H,3-4,11H2,1-2H3,(H,23,24). The fourth-order valence-corrected chi connectivity index (χ4v) is 4.01. The van der Waals surface area contributed by atoms with Crippen molar-refractivity contribution in [2.75, 3.05) is 13.6 Å². The normalized spacial score (nSPS) is 11.9. The average Bonchev–Trinajstić information content (AvgIpc) is 3.13. The van der Waals surface area contributed by atoms with Gasteiger partial charge in [-0.2, -0.15) is 5.10 Å². The number of H-pyrrole nitrogens is 1. The molecule has 0 aliphatic rings. The minimum Gasteiger partial charge on any atom is -0.282 e. The first-order valence-electron chi connectivity index (χ1n) is 8.80. The smallest absolute Gasteiger partial charge is 0.242 e. The summed E-state index contributed by atoms with van der Waals surface area (Å²) in [5.74, 6) is -0.850. The summed E-state index contributed by atoms with van der Waals surface area (Å²) in [7, 11) is -2.27. The Bertz CT molecular complexity index is 1060. The van der Waals surface area contributed by atoms with Crippen LogP contribution >= 0.6 is 0 Å². The van der Waals surface area contributed by atoms with E-state index in [0.717, 1.165) is 17.3 Å². The quantitative estimate of drug-likeness (QED) is 0.648. The van der Waals surface area contributed by atoms with E-state index >= 15 is 0 Å². The van der Waals surface area contributed by atoms with Crippen molar-refractivity contribution in [1.82, 2.24) is 14.5 Å². The molecule has 28 heavy (non-hydrogen) atoms. The van der Waals surface area contributed by atoms with E-state index in [1.165, 1.54) is 35.6 Å². The summed E-state index contributed by atoms with van der Waals surface area (Å²) in [5, 5.41) is 7.12. The van der Waals surface area contributed by atoms with Gasteiger partial charge < -0.3 is 0 Å². The Labute approximate surface area is 163 Å². The number of aromatic amines is 1. The van der Waals surface area contributed by atoms with Gasteiger partial charge in [0, 0.05) is 24.8 Å². The van der Waals surface area contributed by atoms with Crippen LogP contribution in [0, 0.1) is 18.6 Å². The van der Waals surface area contributed by atoms with Crippen LogP contribution < -0.4 is 0 Å². The topological polar surface area (TPSA) is 66.1 Å². The number of hydrogen-bond acceptors (Lipinski definition) is 3. The van der Waals surface area contributed by atoms with Crippen LogP contribution in [0.5, 0.6) is 0 Å². The number of nitrogens with one attached hydrogen (secondary N) is 1. The van der Waals surface area contributed by atoms with Crippen LogP contribution in [-0.2, 0) is 16.4 Å². The molecule has 2 aromatic carbocycles. The summed E-state index contributed by atoms with van der Waals surface area (Å²) >= 11 is 0. The number of aromatic nitrogens is 2. The zero-order valence-electron chi connectivity index (χ0n) is 15.6. The van der Waals surface area contributed by atoms with E-state index < -0.39 is 15.8 Å². The summed E-state index contributed by atoms with van der Waals surface area (Å²) in [6.45, 7) is 1.86. The van der Waals surface area contributed by atoms with E-state index in [0.29, 0.717) is 24.1 Å². The molecule has 0 atom stereocenters. The number of hydrogen-bond donors (Lipinski definition) is 1. The Hall–Kier alpha value is -2.58. The van der Waals surface area contributed by atoms with Crippen molar-refractivity contribution in [3.05, 3.63) is 71.4 Å². The molecule has 3 rings (SSSR count). The molecule has 1 N–H and O–H groups in total. The van der Waals surface area contributed by atoms with Crippen LogP contribution in [0.4, 0.5) is 8.78 Å². The maximum Gasteiger partial charge on any atom is 0.242 e. The zero-order chi connectivity index (χ0) is 20.3. The molecule has 0 radical (unpaired) electrons. The Kier molecular flexibility index (Phi) is 5.90. The summed E-state index contributed by atoms with van der Waals surface area (Å²) in [6.07, 6.45) is 1.16. The number of rotatable bonds is 7. The second-order valence-electron chi connectivity index (χ2n) is 6.63. The first-order chi connectivity index (χ1) is 13.3. The lowest BCUT2D eigenvalue weighted by Gasteiger charge is -2.17.